The molecule has 1 unspecified atom stereocenters. The van der Waals surface area contributed by atoms with Gasteiger partial charge in [0.15, 0.2) is 0 Å². The van der Waals surface area contributed by atoms with E-state index in [1.165, 1.54) is 0 Å². The van der Waals surface area contributed by atoms with E-state index in [4.69, 9.17) is 10.2 Å². The molecule has 3 nitrogen and oxygen atoms in total. The van der Waals surface area contributed by atoms with Crippen LogP contribution in [0, 0.1) is 5.41 Å². The minimum absolute atomic E-state index is 0.0855. The number of aliphatic hydroxyl groups excluding tert-OH is 1. The predicted octanol–water partition coefficient (Wildman–Crippen LogP) is 1.05. The molecule has 0 aromatic carbocycles. The second-order valence-corrected chi connectivity index (χ2v) is 3.48. The lowest BCUT2D eigenvalue weighted by Crippen LogP contribution is -2.23. The number of nitrogens with two attached hydrogens (primary N) is 1. The molecule has 2 rings (SSSR count). The summed E-state index contributed by atoms with van der Waals surface area (Å²) in [4.78, 5) is 0. The normalized spacial score (nSPS) is 22.2. The highest BCUT2D eigenvalue weighted by Crippen LogP contribution is 2.53. The van der Waals surface area contributed by atoms with E-state index in [0.29, 0.717) is 12.3 Å². The van der Waals surface area contributed by atoms with Gasteiger partial charge in [-0.1, -0.05) is 0 Å². The highest BCUT2D eigenvalue weighted by atomic mass is 16.4. The first kappa shape index (κ1) is 7.83. The van der Waals surface area contributed by atoms with Gasteiger partial charge in [0.05, 0.1) is 6.26 Å². The molecule has 0 aliphatic heterocycles. The maximum atomic E-state index is 9.83. The van der Waals surface area contributed by atoms with Crippen LogP contribution in [-0.2, 0) is 0 Å². The van der Waals surface area contributed by atoms with E-state index in [1.54, 1.807) is 18.4 Å². The number of furan rings is 1. The quantitative estimate of drug-likeness (QED) is 0.707. The summed E-state index contributed by atoms with van der Waals surface area (Å²) in [6.45, 7) is 0.537. The van der Waals surface area contributed by atoms with Gasteiger partial charge in [-0.25, -0.2) is 0 Å². The highest BCUT2D eigenvalue weighted by Gasteiger charge is 2.49. The fourth-order valence-corrected chi connectivity index (χ4v) is 1.50. The molecule has 1 aliphatic rings. The zero-order valence-corrected chi connectivity index (χ0v) is 6.86. The van der Waals surface area contributed by atoms with Crippen molar-refractivity contribution in [3.63, 3.8) is 0 Å². The molecular weight excluding hydrogens is 154 g/mol. The topological polar surface area (TPSA) is 59.4 Å². The molecule has 0 amide bonds. The second kappa shape index (κ2) is 2.61. The molecule has 1 saturated carbocycles. The molecule has 1 aromatic rings. The first-order chi connectivity index (χ1) is 5.78. The Kier molecular flexibility index (Phi) is 1.70. The van der Waals surface area contributed by atoms with Crippen molar-refractivity contribution in [2.24, 2.45) is 11.1 Å². The van der Waals surface area contributed by atoms with Crippen LogP contribution in [0.25, 0.3) is 0 Å². The first-order valence-electron chi connectivity index (χ1n) is 4.20. The fourth-order valence-electron chi connectivity index (χ4n) is 1.50. The lowest BCUT2D eigenvalue weighted by Gasteiger charge is -2.17. The third-order valence-electron chi connectivity index (χ3n) is 2.69. The molecule has 0 bridgehead atoms. The SMILES string of the molecule is NCC1(C(O)c2ccco2)CC1. The van der Waals surface area contributed by atoms with Crippen LogP contribution in [0.3, 0.4) is 0 Å². The molecule has 1 fully saturated rings. The first-order valence-corrected chi connectivity index (χ1v) is 4.20. The number of rotatable bonds is 3. The zero-order valence-electron chi connectivity index (χ0n) is 6.86. The van der Waals surface area contributed by atoms with Crippen molar-refractivity contribution < 1.29 is 9.52 Å². The average Bonchev–Trinajstić information content (AvgIpc) is 2.71. The van der Waals surface area contributed by atoms with Crippen LogP contribution >= 0.6 is 0 Å². The van der Waals surface area contributed by atoms with E-state index < -0.39 is 6.10 Å². The molecule has 12 heavy (non-hydrogen) atoms. The number of hydrogen-bond acceptors (Lipinski definition) is 3. The van der Waals surface area contributed by atoms with Crippen LogP contribution in [0.4, 0.5) is 0 Å². The second-order valence-electron chi connectivity index (χ2n) is 3.48. The maximum Gasteiger partial charge on any atom is 0.132 e. The van der Waals surface area contributed by atoms with Gasteiger partial charge in [-0.3, -0.25) is 0 Å². The van der Waals surface area contributed by atoms with Crippen LogP contribution in [0.2, 0.25) is 0 Å². The van der Waals surface area contributed by atoms with Gasteiger partial charge in [0.2, 0.25) is 0 Å². The molecule has 1 aliphatic carbocycles. The summed E-state index contributed by atoms with van der Waals surface area (Å²) >= 11 is 0. The minimum atomic E-state index is -0.516. The van der Waals surface area contributed by atoms with Gasteiger partial charge in [-0.2, -0.15) is 0 Å². The maximum absolute atomic E-state index is 9.83. The molecule has 1 atom stereocenters. The summed E-state index contributed by atoms with van der Waals surface area (Å²) in [6, 6.07) is 3.57. The van der Waals surface area contributed by atoms with Crippen molar-refractivity contribution in [1.29, 1.82) is 0 Å². The molecule has 3 N–H and O–H groups in total. The molecule has 0 spiro atoms. The van der Waals surface area contributed by atoms with Crippen molar-refractivity contribution in [3.8, 4) is 0 Å². The van der Waals surface area contributed by atoms with Crippen LogP contribution in [0.5, 0.6) is 0 Å². The summed E-state index contributed by atoms with van der Waals surface area (Å²) < 4.78 is 5.12. The lowest BCUT2D eigenvalue weighted by atomic mass is 9.98. The summed E-state index contributed by atoms with van der Waals surface area (Å²) in [5.74, 6) is 0.637. The zero-order chi connectivity index (χ0) is 8.60. The van der Waals surface area contributed by atoms with Crippen molar-refractivity contribution in [3.05, 3.63) is 24.2 Å². The third-order valence-corrected chi connectivity index (χ3v) is 2.69. The van der Waals surface area contributed by atoms with Crippen molar-refractivity contribution in [2.45, 2.75) is 18.9 Å². The van der Waals surface area contributed by atoms with Crippen molar-refractivity contribution in [1.82, 2.24) is 0 Å². The van der Waals surface area contributed by atoms with Gasteiger partial charge in [0.25, 0.3) is 0 Å². The van der Waals surface area contributed by atoms with E-state index in [2.05, 4.69) is 0 Å². The largest absolute Gasteiger partial charge is 0.467 e. The van der Waals surface area contributed by atoms with Gasteiger partial charge in [-0.05, 0) is 25.0 Å². The van der Waals surface area contributed by atoms with E-state index >= 15 is 0 Å². The molecule has 3 heteroatoms. The molecular formula is C9H13NO2. The van der Waals surface area contributed by atoms with Crippen molar-refractivity contribution >= 4 is 0 Å². The Labute approximate surface area is 71.2 Å². The Hall–Kier alpha value is -0.800. The monoisotopic (exact) mass is 167 g/mol. The van der Waals surface area contributed by atoms with Gasteiger partial charge in [0.1, 0.15) is 11.9 Å². The molecule has 0 saturated heterocycles. The number of aliphatic hydroxyl groups is 1. The Morgan fingerprint density at radius 1 is 1.67 bits per heavy atom. The van der Waals surface area contributed by atoms with Gasteiger partial charge >= 0.3 is 0 Å². The lowest BCUT2D eigenvalue weighted by molar-refractivity contribution is 0.0756. The predicted molar refractivity (Wildman–Crippen MR) is 44.4 cm³/mol. The molecule has 0 radical (unpaired) electrons. The van der Waals surface area contributed by atoms with E-state index in [0.717, 1.165) is 12.8 Å². The van der Waals surface area contributed by atoms with Gasteiger partial charge in [0, 0.05) is 12.0 Å². The van der Waals surface area contributed by atoms with E-state index in [-0.39, 0.29) is 5.41 Å². The fraction of sp³-hybridized carbons (Fsp3) is 0.556. The molecule has 1 aromatic heterocycles. The van der Waals surface area contributed by atoms with Crippen LogP contribution in [0.15, 0.2) is 22.8 Å². The summed E-state index contributed by atoms with van der Waals surface area (Å²) in [5, 5.41) is 9.83. The van der Waals surface area contributed by atoms with Crippen molar-refractivity contribution in [2.75, 3.05) is 6.54 Å². The van der Waals surface area contributed by atoms with Crippen LogP contribution < -0.4 is 5.73 Å². The standard InChI is InChI=1S/C9H13NO2/c10-6-9(3-4-9)8(11)7-2-1-5-12-7/h1-2,5,8,11H,3-4,6,10H2. The Bertz CT molecular complexity index is 252. The molecule has 66 valence electrons. The minimum Gasteiger partial charge on any atom is -0.467 e. The average molecular weight is 167 g/mol. The summed E-state index contributed by atoms with van der Waals surface area (Å²) in [7, 11) is 0. The summed E-state index contributed by atoms with van der Waals surface area (Å²) in [6.07, 6.45) is 3.07. The van der Waals surface area contributed by atoms with Gasteiger partial charge in [-0.15, -0.1) is 0 Å². The Morgan fingerprint density at radius 2 is 2.42 bits per heavy atom. The smallest absolute Gasteiger partial charge is 0.132 e. The van der Waals surface area contributed by atoms with E-state index in [9.17, 15) is 5.11 Å². The third kappa shape index (κ3) is 1.06. The Morgan fingerprint density at radius 3 is 2.83 bits per heavy atom. The Balaban J connectivity index is 2.15. The van der Waals surface area contributed by atoms with Crippen LogP contribution in [0.1, 0.15) is 24.7 Å². The summed E-state index contributed by atoms with van der Waals surface area (Å²) in [5.41, 5.74) is 5.49. The van der Waals surface area contributed by atoms with Gasteiger partial charge < -0.3 is 15.3 Å². The highest BCUT2D eigenvalue weighted by molar-refractivity contribution is 5.12. The molecule has 1 heterocycles. The number of hydrogen-bond donors (Lipinski definition) is 2. The van der Waals surface area contributed by atoms with Crippen LogP contribution in [-0.4, -0.2) is 11.7 Å². The van der Waals surface area contributed by atoms with E-state index in [1.807, 2.05) is 0 Å².